The van der Waals surface area contributed by atoms with E-state index in [9.17, 15) is 0 Å². The van der Waals surface area contributed by atoms with E-state index in [0.29, 0.717) is 19.7 Å². The maximum atomic E-state index is 5.97. The SMILES string of the molecule is CN=C(NCc1ccc(N(C)C)cc1C)NCC1COc2ccccc2O1.I. The monoisotopic (exact) mass is 496 g/mol. The molecule has 6 nitrogen and oxygen atoms in total. The van der Waals surface area contributed by atoms with Gasteiger partial charge in [0, 0.05) is 33.4 Å². The molecular weight excluding hydrogens is 467 g/mol. The van der Waals surface area contributed by atoms with Gasteiger partial charge in [-0.3, -0.25) is 4.99 Å². The lowest BCUT2D eigenvalue weighted by Crippen LogP contribution is -2.45. The Balaban J connectivity index is 0.00000280. The molecule has 0 spiro atoms. The van der Waals surface area contributed by atoms with Crippen LogP contribution in [0.15, 0.2) is 47.5 Å². The van der Waals surface area contributed by atoms with Crippen molar-refractivity contribution in [2.45, 2.75) is 19.6 Å². The summed E-state index contributed by atoms with van der Waals surface area (Å²) in [6.45, 7) is 3.98. The van der Waals surface area contributed by atoms with Gasteiger partial charge in [0.2, 0.25) is 0 Å². The van der Waals surface area contributed by atoms with Gasteiger partial charge in [-0.25, -0.2) is 0 Å². The fraction of sp³-hybridized carbons (Fsp3) is 0.381. The summed E-state index contributed by atoms with van der Waals surface area (Å²) in [6, 6.07) is 14.2. The number of nitrogens with zero attached hydrogens (tertiary/aromatic N) is 2. The van der Waals surface area contributed by atoms with Crippen molar-refractivity contribution in [3.05, 3.63) is 53.6 Å². The van der Waals surface area contributed by atoms with Crippen LogP contribution in [0.25, 0.3) is 0 Å². The molecule has 1 heterocycles. The molecule has 2 aromatic carbocycles. The van der Waals surface area contributed by atoms with Crippen LogP contribution in [-0.4, -0.2) is 46.4 Å². The minimum atomic E-state index is -0.0560. The highest BCUT2D eigenvalue weighted by atomic mass is 127. The van der Waals surface area contributed by atoms with E-state index in [2.05, 4.69) is 45.6 Å². The molecule has 0 radical (unpaired) electrons. The van der Waals surface area contributed by atoms with Crippen molar-refractivity contribution in [2.75, 3.05) is 39.2 Å². The quantitative estimate of drug-likeness (QED) is 0.379. The Hall–Kier alpha value is -2.16. The average Bonchev–Trinajstić information content (AvgIpc) is 2.68. The summed E-state index contributed by atoms with van der Waals surface area (Å²) < 4.78 is 11.7. The summed E-state index contributed by atoms with van der Waals surface area (Å²) in [7, 11) is 5.87. The lowest BCUT2D eigenvalue weighted by atomic mass is 10.1. The molecule has 2 aromatic rings. The number of benzene rings is 2. The van der Waals surface area contributed by atoms with E-state index in [1.165, 1.54) is 16.8 Å². The van der Waals surface area contributed by atoms with Gasteiger partial charge in [0.15, 0.2) is 17.5 Å². The fourth-order valence-electron chi connectivity index (χ4n) is 2.93. The number of nitrogens with one attached hydrogen (secondary N) is 2. The predicted molar refractivity (Wildman–Crippen MR) is 125 cm³/mol. The molecule has 2 N–H and O–H groups in total. The van der Waals surface area contributed by atoms with Gasteiger partial charge in [0.05, 0.1) is 6.54 Å². The number of guanidine groups is 1. The Kier molecular flexibility index (Phi) is 8.22. The van der Waals surface area contributed by atoms with Crippen molar-refractivity contribution >= 4 is 35.6 Å². The first-order valence-corrected chi connectivity index (χ1v) is 9.16. The van der Waals surface area contributed by atoms with Gasteiger partial charge in [-0.05, 0) is 42.3 Å². The highest BCUT2D eigenvalue weighted by molar-refractivity contribution is 14.0. The molecule has 152 valence electrons. The van der Waals surface area contributed by atoms with Crippen LogP contribution >= 0.6 is 24.0 Å². The Morgan fingerprint density at radius 3 is 2.57 bits per heavy atom. The molecule has 0 bridgehead atoms. The first kappa shape index (κ1) is 22.1. The zero-order chi connectivity index (χ0) is 19.2. The van der Waals surface area contributed by atoms with Crippen LogP contribution in [-0.2, 0) is 6.54 Å². The summed E-state index contributed by atoms with van der Waals surface area (Å²) in [4.78, 5) is 6.40. The third kappa shape index (κ3) is 5.67. The normalized spacial score (nSPS) is 15.4. The van der Waals surface area contributed by atoms with Gasteiger partial charge in [0.1, 0.15) is 12.7 Å². The third-order valence-corrected chi connectivity index (χ3v) is 4.58. The third-order valence-electron chi connectivity index (χ3n) is 4.58. The van der Waals surface area contributed by atoms with Gasteiger partial charge < -0.3 is 25.0 Å². The van der Waals surface area contributed by atoms with Crippen molar-refractivity contribution in [3.63, 3.8) is 0 Å². The fourth-order valence-corrected chi connectivity index (χ4v) is 2.93. The van der Waals surface area contributed by atoms with E-state index in [1.807, 2.05) is 38.4 Å². The second kappa shape index (κ2) is 10.4. The van der Waals surface area contributed by atoms with E-state index in [0.717, 1.165) is 17.5 Å². The van der Waals surface area contributed by atoms with Gasteiger partial charge in [-0.1, -0.05) is 18.2 Å². The number of halogens is 1. The molecule has 1 aliphatic rings. The first-order chi connectivity index (χ1) is 13.1. The summed E-state index contributed by atoms with van der Waals surface area (Å²) in [5.74, 6) is 2.33. The maximum absolute atomic E-state index is 5.97. The van der Waals surface area contributed by atoms with Crippen LogP contribution in [0.5, 0.6) is 11.5 Å². The summed E-state index contributed by atoms with van der Waals surface area (Å²) >= 11 is 0. The number of fused-ring (bicyclic) bond motifs is 1. The van der Waals surface area contributed by atoms with E-state index in [4.69, 9.17) is 9.47 Å². The summed E-state index contributed by atoms with van der Waals surface area (Å²) in [5, 5.41) is 6.68. The van der Waals surface area contributed by atoms with Crippen LogP contribution in [0.2, 0.25) is 0 Å². The van der Waals surface area contributed by atoms with Crippen LogP contribution in [0.4, 0.5) is 5.69 Å². The van der Waals surface area contributed by atoms with Gasteiger partial charge in [-0.2, -0.15) is 0 Å². The predicted octanol–water partition coefficient (Wildman–Crippen LogP) is 3.18. The molecule has 0 fully saturated rings. The Bertz CT molecular complexity index is 811. The largest absolute Gasteiger partial charge is 0.486 e. The number of para-hydroxylation sites is 2. The number of rotatable bonds is 5. The lowest BCUT2D eigenvalue weighted by Gasteiger charge is -2.27. The first-order valence-electron chi connectivity index (χ1n) is 9.16. The molecule has 0 saturated carbocycles. The second-order valence-corrected chi connectivity index (χ2v) is 6.81. The maximum Gasteiger partial charge on any atom is 0.191 e. The number of aliphatic imine (C=N–C) groups is 1. The van der Waals surface area contributed by atoms with E-state index in [1.54, 1.807) is 7.05 Å². The van der Waals surface area contributed by atoms with E-state index >= 15 is 0 Å². The zero-order valence-electron chi connectivity index (χ0n) is 16.9. The van der Waals surface area contributed by atoms with Crippen molar-refractivity contribution in [1.82, 2.24) is 10.6 Å². The second-order valence-electron chi connectivity index (χ2n) is 6.81. The van der Waals surface area contributed by atoms with Gasteiger partial charge >= 0.3 is 0 Å². The molecule has 0 saturated heterocycles. The number of ether oxygens (including phenoxy) is 2. The van der Waals surface area contributed by atoms with Crippen molar-refractivity contribution in [3.8, 4) is 11.5 Å². The highest BCUT2D eigenvalue weighted by Crippen LogP contribution is 2.30. The molecule has 28 heavy (non-hydrogen) atoms. The average molecular weight is 496 g/mol. The lowest BCUT2D eigenvalue weighted by molar-refractivity contribution is 0.0936. The number of anilines is 1. The number of hydrogen-bond donors (Lipinski definition) is 2. The molecule has 0 aromatic heterocycles. The topological polar surface area (TPSA) is 58.1 Å². The van der Waals surface area contributed by atoms with Gasteiger partial charge in [0.25, 0.3) is 0 Å². The van der Waals surface area contributed by atoms with Crippen LogP contribution < -0.4 is 25.0 Å². The summed E-state index contributed by atoms with van der Waals surface area (Å²) in [5.41, 5.74) is 3.70. The minimum Gasteiger partial charge on any atom is -0.486 e. The molecular formula is C21H29IN4O2. The molecule has 1 atom stereocenters. The molecule has 7 heteroatoms. The van der Waals surface area contributed by atoms with Gasteiger partial charge in [-0.15, -0.1) is 24.0 Å². The zero-order valence-corrected chi connectivity index (χ0v) is 19.2. The molecule has 1 unspecified atom stereocenters. The highest BCUT2D eigenvalue weighted by Gasteiger charge is 2.20. The van der Waals surface area contributed by atoms with Crippen LogP contribution in [0, 0.1) is 6.92 Å². The Morgan fingerprint density at radius 1 is 1.14 bits per heavy atom. The molecule has 0 amide bonds. The van der Waals surface area contributed by atoms with Crippen molar-refractivity contribution in [2.24, 2.45) is 4.99 Å². The van der Waals surface area contributed by atoms with Crippen LogP contribution in [0.3, 0.4) is 0 Å². The molecule has 1 aliphatic heterocycles. The minimum absolute atomic E-state index is 0. The molecule has 0 aliphatic carbocycles. The van der Waals surface area contributed by atoms with Crippen LogP contribution in [0.1, 0.15) is 11.1 Å². The van der Waals surface area contributed by atoms with E-state index in [-0.39, 0.29) is 30.1 Å². The molecule has 3 rings (SSSR count). The standard InChI is InChI=1S/C21H28N4O2.HI/c1-15-11-17(25(3)4)10-9-16(15)12-23-21(22-2)24-13-18-14-26-19-7-5-6-8-20(19)27-18;/h5-11,18H,12-14H2,1-4H3,(H2,22,23,24);1H. The van der Waals surface area contributed by atoms with Crippen molar-refractivity contribution in [1.29, 1.82) is 0 Å². The summed E-state index contributed by atoms with van der Waals surface area (Å²) in [6.07, 6.45) is -0.0560. The Labute approximate surface area is 184 Å². The Morgan fingerprint density at radius 2 is 1.89 bits per heavy atom. The van der Waals surface area contributed by atoms with Crippen molar-refractivity contribution < 1.29 is 9.47 Å². The number of hydrogen-bond acceptors (Lipinski definition) is 4. The number of aryl methyl sites for hydroxylation is 1. The smallest absolute Gasteiger partial charge is 0.191 e. The van der Waals surface area contributed by atoms with E-state index < -0.39 is 0 Å².